The van der Waals surface area contributed by atoms with Gasteiger partial charge in [0.2, 0.25) is 0 Å². The molecule has 1 aliphatic carbocycles. The number of carbonyl (C=O) groups is 1. The van der Waals surface area contributed by atoms with Gasteiger partial charge in [-0.05, 0) is 59.2 Å². The van der Waals surface area contributed by atoms with E-state index in [1.165, 1.54) is 17.7 Å². The maximum atomic E-state index is 13.4. The zero-order valence-corrected chi connectivity index (χ0v) is 18.4. The molecule has 2 aromatic carbocycles. The van der Waals surface area contributed by atoms with Gasteiger partial charge in [-0.25, -0.2) is 4.79 Å². The van der Waals surface area contributed by atoms with Crippen molar-refractivity contribution in [1.82, 2.24) is 14.7 Å². The number of β-amino-alcohol motifs (C(OH)–C–C–N with tert-alkyl or cyclic N) is 1. The van der Waals surface area contributed by atoms with Crippen molar-refractivity contribution in [3.8, 4) is 11.1 Å². The molecule has 2 saturated heterocycles. The van der Waals surface area contributed by atoms with E-state index in [4.69, 9.17) is 5.11 Å². The number of nitrogens with zero attached hydrogens (tertiary/aromatic N) is 3. The number of fused-ring (bicyclic) bond motifs is 5. The molecule has 0 aromatic heterocycles. The van der Waals surface area contributed by atoms with Gasteiger partial charge in [0, 0.05) is 39.3 Å². The van der Waals surface area contributed by atoms with Crippen molar-refractivity contribution in [3.63, 3.8) is 0 Å². The molecule has 0 saturated carbocycles. The number of piperidine rings is 1. The number of rotatable bonds is 3. The second-order valence-electron chi connectivity index (χ2n) is 9.18. The Morgan fingerprint density at radius 2 is 1.64 bits per heavy atom. The summed E-state index contributed by atoms with van der Waals surface area (Å²) in [6.45, 7) is 4.32. The third-order valence-electron chi connectivity index (χ3n) is 7.34. The van der Waals surface area contributed by atoms with Crippen molar-refractivity contribution in [1.29, 1.82) is 0 Å². The fraction of sp³-hybridized carbons (Fsp3) is 0.480. The minimum Gasteiger partial charge on any atom is -0.395 e. The third-order valence-corrected chi connectivity index (χ3v) is 7.34. The number of alkyl halides is 3. The summed E-state index contributed by atoms with van der Waals surface area (Å²) in [7, 11) is 0. The molecule has 2 amide bonds. The summed E-state index contributed by atoms with van der Waals surface area (Å²) < 4.78 is 38.8. The SMILES string of the molecule is O=C(N1CCN(CCO)CC1)N1CCC2CC1c1cc(-c3ccc(C(F)(F)F)cc3)ccc12. The van der Waals surface area contributed by atoms with E-state index < -0.39 is 11.7 Å². The van der Waals surface area contributed by atoms with Gasteiger partial charge in [0.05, 0.1) is 18.2 Å². The van der Waals surface area contributed by atoms with E-state index >= 15 is 0 Å². The Morgan fingerprint density at radius 1 is 0.939 bits per heavy atom. The molecule has 5 nitrogen and oxygen atoms in total. The highest BCUT2D eigenvalue weighted by Crippen LogP contribution is 2.50. The van der Waals surface area contributed by atoms with Gasteiger partial charge in [0.1, 0.15) is 0 Å². The monoisotopic (exact) mass is 459 g/mol. The second-order valence-corrected chi connectivity index (χ2v) is 9.18. The lowest BCUT2D eigenvalue weighted by Crippen LogP contribution is -2.54. The molecular weight excluding hydrogens is 431 g/mol. The molecule has 0 radical (unpaired) electrons. The number of urea groups is 1. The van der Waals surface area contributed by atoms with Gasteiger partial charge in [-0.15, -0.1) is 0 Å². The first-order valence-electron chi connectivity index (χ1n) is 11.6. The molecular formula is C25H28F3N3O2. The van der Waals surface area contributed by atoms with E-state index in [1.54, 1.807) is 0 Å². The van der Waals surface area contributed by atoms with Crippen molar-refractivity contribution < 1.29 is 23.1 Å². The van der Waals surface area contributed by atoms with Crippen LogP contribution in [-0.4, -0.2) is 71.7 Å². The van der Waals surface area contributed by atoms with Crippen LogP contribution < -0.4 is 0 Å². The molecule has 3 aliphatic rings. The Balaban J connectivity index is 1.36. The topological polar surface area (TPSA) is 47.0 Å². The molecule has 1 N–H and O–H groups in total. The lowest BCUT2D eigenvalue weighted by atomic mass is 9.94. The number of benzene rings is 2. The zero-order valence-electron chi connectivity index (χ0n) is 18.4. The van der Waals surface area contributed by atoms with Gasteiger partial charge >= 0.3 is 12.2 Å². The second kappa shape index (κ2) is 8.65. The van der Waals surface area contributed by atoms with E-state index in [1.807, 2.05) is 15.9 Å². The zero-order chi connectivity index (χ0) is 23.2. The van der Waals surface area contributed by atoms with Crippen molar-refractivity contribution in [3.05, 3.63) is 59.2 Å². The van der Waals surface area contributed by atoms with Crippen LogP contribution in [0.2, 0.25) is 0 Å². The normalized spacial score (nSPS) is 23.0. The molecule has 0 spiro atoms. The minimum atomic E-state index is -4.35. The summed E-state index contributed by atoms with van der Waals surface area (Å²) in [5.41, 5.74) is 3.35. The van der Waals surface area contributed by atoms with Gasteiger partial charge in [-0.1, -0.05) is 24.3 Å². The largest absolute Gasteiger partial charge is 0.416 e. The van der Waals surface area contributed by atoms with Gasteiger partial charge in [0.15, 0.2) is 0 Å². The van der Waals surface area contributed by atoms with E-state index in [-0.39, 0.29) is 18.7 Å². The van der Waals surface area contributed by atoms with E-state index in [2.05, 4.69) is 17.0 Å². The van der Waals surface area contributed by atoms with Gasteiger partial charge in [0.25, 0.3) is 0 Å². The number of carbonyl (C=O) groups excluding carboxylic acids is 1. The maximum Gasteiger partial charge on any atom is 0.416 e. The Morgan fingerprint density at radius 3 is 2.30 bits per heavy atom. The third kappa shape index (κ3) is 4.22. The molecule has 2 bridgehead atoms. The summed E-state index contributed by atoms with van der Waals surface area (Å²) >= 11 is 0. The lowest BCUT2D eigenvalue weighted by Gasteiger charge is -2.41. The van der Waals surface area contributed by atoms with Crippen molar-refractivity contribution in [2.75, 3.05) is 45.9 Å². The summed E-state index contributed by atoms with van der Waals surface area (Å²) in [5, 5.41) is 9.14. The molecule has 2 aliphatic heterocycles. The minimum absolute atomic E-state index is 0.0103. The Hall–Kier alpha value is -2.58. The maximum absolute atomic E-state index is 13.4. The summed E-state index contributed by atoms with van der Waals surface area (Å²) in [5.74, 6) is 0.428. The predicted octanol–water partition coefficient (Wildman–Crippen LogP) is 4.34. The van der Waals surface area contributed by atoms with Crippen LogP contribution >= 0.6 is 0 Å². The fourth-order valence-electron chi connectivity index (χ4n) is 5.52. The van der Waals surface area contributed by atoms with Crippen LogP contribution in [0.25, 0.3) is 11.1 Å². The van der Waals surface area contributed by atoms with Gasteiger partial charge in [-0.3, -0.25) is 4.90 Å². The first kappa shape index (κ1) is 22.2. The molecule has 2 atom stereocenters. The Labute approximate surface area is 191 Å². The van der Waals surface area contributed by atoms with Crippen molar-refractivity contribution >= 4 is 6.03 Å². The smallest absolute Gasteiger partial charge is 0.395 e. The fourth-order valence-corrected chi connectivity index (χ4v) is 5.52. The van der Waals surface area contributed by atoms with Crippen LogP contribution in [-0.2, 0) is 6.18 Å². The number of aliphatic hydroxyl groups excluding tert-OH is 1. The average molecular weight is 460 g/mol. The predicted molar refractivity (Wildman–Crippen MR) is 119 cm³/mol. The molecule has 5 rings (SSSR count). The number of hydrogen-bond acceptors (Lipinski definition) is 3. The molecule has 2 fully saturated rings. The first-order valence-corrected chi connectivity index (χ1v) is 11.6. The van der Waals surface area contributed by atoms with Gasteiger partial charge < -0.3 is 14.9 Å². The van der Waals surface area contributed by atoms with Gasteiger partial charge in [-0.2, -0.15) is 13.2 Å². The molecule has 2 aromatic rings. The Kier molecular flexibility index (Phi) is 5.82. The van der Waals surface area contributed by atoms with Crippen LogP contribution in [0.4, 0.5) is 18.0 Å². The Bertz CT molecular complexity index is 1020. The van der Waals surface area contributed by atoms with E-state index in [0.29, 0.717) is 25.6 Å². The number of hydrogen-bond donors (Lipinski definition) is 1. The number of halogens is 3. The highest BCUT2D eigenvalue weighted by molar-refractivity contribution is 5.76. The van der Waals surface area contributed by atoms with Crippen molar-refractivity contribution in [2.24, 2.45) is 0 Å². The number of likely N-dealkylation sites (tertiary alicyclic amines) is 1. The molecule has 176 valence electrons. The molecule has 2 heterocycles. The quantitative estimate of drug-likeness (QED) is 0.743. The lowest BCUT2D eigenvalue weighted by molar-refractivity contribution is -0.137. The highest BCUT2D eigenvalue weighted by atomic mass is 19.4. The van der Waals surface area contributed by atoms with Crippen LogP contribution in [0.1, 0.15) is 41.5 Å². The highest BCUT2D eigenvalue weighted by Gasteiger charge is 2.42. The standard InChI is InChI=1S/C25H28F3N3O2/c26-25(27,28)20-4-1-17(2-5-20)18-3-6-21-19-7-8-31(23(16-19)22(21)15-18)24(33)30-11-9-29(10-12-30)13-14-32/h1-6,15,19,23,32H,7-14,16H2. The number of piperazine rings is 1. The number of aliphatic hydroxyl groups is 1. The summed E-state index contributed by atoms with van der Waals surface area (Å²) in [6, 6.07) is 11.5. The average Bonchev–Trinajstić information content (AvgIpc) is 3.10. The van der Waals surface area contributed by atoms with E-state index in [9.17, 15) is 18.0 Å². The van der Waals surface area contributed by atoms with E-state index in [0.717, 1.165) is 61.3 Å². The van der Waals surface area contributed by atoms with Crippen LogP contribution in [0.5, 0.6) is 0 Å². The van der Waals surface area contributed by atoms with Crippen LogP contribution in [0.3, 0.4) is 0 Å². The van der Waals surface area contributed by atoms with Crippen LogP contribution in [0, 0.1) is 0 Å². The summed E-state index contributed by atoms with van der Waals surface area (Å²) in [4.78, 5) is 19.4. The molecule has 2 unspecified atom stereocenters. The first-order chi connectivity index (χ1) is 15.8. The van der Waals surface area contributed by atoms with Crippen LogP contribution in [0.15, 0.2) is 42.5 Å². The molecule has 33 heavy (non-hydrogen) atoms. The molecule has 8 heteroatoms. The summed E-state index contributed by atoms with van der Waals surface area (Å²) in [6.07, 6.45) is -2.51. The van der Waals surface area contributed by atoms with Crippen molar-refractivity contribution in [2.45, 2.75) is 31.0 Å². The number of amides is 2.